The van der Waals surface area contributed by atoms with Gasteiger partial charge in [-0.05, 0) is 37.1 Å². The maximum Gasteiger partial charge on any atom is 0.232 e. The molecule has 140 valence electrons. The van der Waals surface area contributed by atoms with Gasteiger partial charge < -0.3 is 9.32 Å². The van der Waals surface area contributed by atoms with Crippen LogP contribution < -0.4 is 0 Å². The summed E-state index contributed by atoms with van der Waals surface area (Å²) in [4.78, 5) is 19.0. The van der Waals surface area contributed by atoms with Crippen molar-refractivity contribution in [3.8, 4) is 0 Å². The zero-order valence-electron chi connectivity index (χ0n) is 14.5. The number of oxazole rings is 1. The van der Waals surface area contributed by atoms with E-state index >= 15 is 0 Å². The van der Waals surface area contributed by atoms with Gasteiger partial charge in [0.05, 0.1) is 5.75 Å². The van der Waals surface area contributed by atoms with Gasteiger partial charge in [0.2, 0.25) is 5.91 Å². The number of hydrogen-bond acceptors (Lipinski definition) is 4. The van der Waals surface area contributed by atoms with Gasteiger partial charge in [0, 0.05) is 30.0 Å². The quantitative estimate of drug-likeness (QED) is 0.613. The maximum absolute atomic E-state index is 13.7. The van der Waals surface area contributed by atoms with Crippen molar-refractivity contribution < 1.29 is 18.0 Å². The van der Waals surface area contributed by atoms with Gasteiger partial charge in [-0.3, -0.25) is 4.79 Å². The molecule has 1 saturated heterocycles. The summed E-state index contributed by atoms with van der Waals surface area (Å²) >= 11 is 1.09. The Labute approximate surface area is 159 Å². The van der Waals surface area contributed by atoms with Crippen molar-refractivity contribution in [2.75, 3.05) is 18.8 Å². The van der Waals surface area contributed by atoms with Crippen LogP contribution in [0.2, 0.25) is 0 Å². The van der Waals surface area contributed by atoms with Crippen molar-refractivity contribution >= 4 is 28.8 Å². The molecule has 0 N–H and O–H groups in total. The van der Waals surface area contributed by atoms with E-state index in [1.807, 2.05) is 24.3 Å². The van der Waals surface area contributed by atoms with Gasteiger partial charge in [0.15, 0.2) is 11.5 Å². The van der Waals surface area contributed by atoms with Crippen LogP contribution in [0, 0.1) is 11.6 Å². The summed E-state index contributed by atoms with van der Waals surface area (Å²) in [6.45, 7) is 1.24. The zero-order chi connectivity index (χ0) is 18.8. The molecule has 4 nitrogen and oxygen atoms in total. The van der Waals surface area contributed by atoms with E-state index in [1.165, 1.54) is 12.1 Å². The number of nitrogens with zero attached hydrogens (tertiary/aromatic N) is 2. The molecule has 2 heterocycles. The number of hydrogen-bond donors (Lipinski definition) is 0. The Balaban J connectivity index is 1.32. The minimum absolute atomic E-state index is 0.0419. The molecule has 1 aliphatic rings. The van der Waals surface area contributed by atoms with Crippen LogP contribution in [0.3, 0.4) is 0 Å². The molecular formula is C20H18F2N2O2S. The highest BCUT2D eigenvalue weighted by Gasteiger charge is 2.27. The maximum atomic E-state index is 13.7. The summed E-state index contributed by atoms with van der Waals surface area (Å²) in [6, 6.07) is 11.1. The second kappa shape index (κ2) is 7.68. The molecule has 0 aliphatic carbocycles. The monoisotopic (exact) mass is 388 g/mol. The number of likely N-dealkylation sites (tertiary alicyclic amines) is 1. The van der Waals surface area contributed by atoms with E-state index in [-0.39, 0.29) is 22.5 Å². The largest absolute Gasteiger partial charge is 0.440 e. The fourth-order valence-corrected chi connectivity index (χ4v) is 4.09. The first-order chi connectivity index (χ1) is 13.1. The second-order valence-electron chi connectivity index (χ2n) is 6.54. The molecule has 0 atom stereocenters. The van der Waals surface area contributed by atoms with Gasteiger partial charge in [-0.1, -0.05) is 12.1 Å². The van der Waals surface area contributed by atoms with Crippen molar-refractivity contribution in [3.63, 3.8) is 0 Å². The topological polar surface area (TPSA) is 46.3 Å². The number of benzene rings is 2. The first kappa shape index (κ1) is 18.0. The number of rotatable bonds is 4. The van der Waals surface area contributed by atoms with E-state index in [4.69, 9.17) is 4.42 Å². The molecule has 0 bridgehead atoms. The molecule has 1 amide bonds. The summed E-state index contributed by atoms with van der Waals surface area (Å²) in [5.74, 6) is -0.239. The Morgan fingerprint density at radius 3 is 2.70 bits per heavy atom. The van der Waals surface area contributed by atoms with Crippen LogP contribution >= 0.6 is 11.8 Å². The molecule has 0 radical (unpaired) electrons. The number of carbonyl (C=O) groups excluding carboxylic acids is 1. The number of para-hydroxylation sites is 2. The molecule has 7 heteroatoms. The summed E-state index contributed by atoms with van der Waals surface area (Å²) in [5.41, 5.74) is 1.63. The Kier molecular flexibility index (Phi) is 5.11. The van der Waals surface area contributed by atoms with Crippen molar-refractivity contribution in [2.24, 2.45) is 0 Å². The Hall–Kier alpha value is -2.41. The van der Waals surface area contributed by atoms with Crippen LogP contribution in [0.25, 0.3) is 11.1 Å². The molecule has 0 saturated carbocycles. The number of piperidine rings is 1. The van der Waals surface area contributed by atoms with E-state index in [9.17, 15) is 13.6 Å². The predicted octanol–water partition coefficient (Wildman–Crippen LogP) is 4.60. The number of thioether (sulfide) groups is 1. The minimum Gasteiger partial charge on any atom is -0.440 e. The Morgan fingerprint density at radius 2 is 1.96 bits per heavy atom. The average Bonchev–Trinajstić information content (AvgIpc) is 3.11. The van der Waals surface area contributed by atoms with E-state index in [0.29, 0.717) is 13.1 Å². The average molecular weight is 388 g/mol. The van der Waals surface area contributed by atoms with Crippen molar-refractivity contribution in [2.45, 2.75) is 23.7 Å². The highest BCUT2D eigenvalue weighted by molar-refractivity contribution is 8.00. The minimum atomic E-state index is -0.637. The highest BCUT2D eigenvalue weighted by atomic mass is 32.2. The summed E-state index contributed by atoms with van der Waals surface area (Å²) in [7, 11) is 0. The third kappa shape index (κ3) is 3.98. The molecule has 27 heavy (non-hydrogen) atoms. The van der Waals surface area contributed by atoms with Crippen molar-refractivity contribution in [1.82, 2.24) is 9.88 Å². The van der Waals surface area contributed by atoms with E-state index in [0.717, 1.165) is 47.7 Å². The lowest BCUT2D eigenvalue weighted by atomic mass is 9.97. The molecule has 0 unspecified atom stereocenters. The molecule has 1 aromatic heterocycles. The van der Waals surface area contributed by atoms with Crippen LogP contribution in [0.5, 0.6) is 0 Å². The Bertz CT molecular complexity index is 935. The van der Waals surface area contributed by atoms with Crippen LogP contribution in [0.1, 0.15) is 24.7 Å². The van der Waals surface area contributed by atoms with Gasteiger partial charge in [0.1, 0.15) is 17.2 Å². The van der Waals surface area contributed by atoms with E-state index in [2.05, 4.69) is 4.98 Å². The normalized spacial score (nSPS) is 15.4. The van der Waals surface area contributed by atoms with Crippen molar-refractivity contribution in [1.29, 1.82) is 0 Å². The number of amides is 1. The SMILES string of the molecule is O=C(CSc1ccc(F)cc1F)N1CCC(c2nc3ccccc3o2)CC1. The lowest BCUT2D eigenvalue weighted by molar-refractivity contribution is -0.129. The van der Waals surface area contributed by atoms with Gasteiger partial charge in [-0.15, -0.1) is 11.8 Å². The number of carbonyl (C=O) groups is 1. The van der Waals surface area contributed by atoms with Gasteiger partial charge in [0.25, 0.3) is 0 Å². The number of aromatic nitrogens is 1. The van der Waals surface area contributed by atoms with Gasteiger partial charge in [-0.25, -0.2) is 13.8 Å². The van der Waals surface area contributed by atoms with Crippen LogP contribution in [-0.2, 0) is 4.79 Å². The zero-order valence-corrected chi connectivity index (χ0v) is 15.3. The third-order valence-electron chi connectivity index (χ3n) is 4.75. The van der Waals surface area contributed by atoms with Gasteiger partial charge in [-0.2, -0.15) is 0 Å². The number of fused-ring (bicyclic) bond motifs is 1. The van der Waals surface area contributed by atoms with Crippen LogP contribution in [0.15, 0.2) is 51.8 Å². The summed E-state index contributed by atoms with van der Waals surface area (Å²) in [6.07, 6.45) is 1.57. The summed E-state index contributed by atoms with van der Waals surface area (Å²) < 4.78 is 32.5. The second-order valence-corrected chi connectivity index (χ2v) is 7.56. The smallest absolute Gasteiger partial charge is 0.232 e. The fourth-order valence-electron chi connectivity index (χ4n) is 3.26. The van der Waals surface area contributed by atoms with Crippen molar-refractivity contribution in [3.05, 3.63) is 60.0 Å². The molecule has 0 spiro atoms. The van der Waals surface area contributed by atoms with E-state index in [1.54, 1.807) is 4.90 Å². The lowest BCUT2D eigenvalue weighted by Crippen LogP contribution is -2.39. The van der Waals surface area contributed by atoms with E-state index < -0.39 is 11.6 Å². The fraction of sp³-hybridized carbons (Fsp3) is 0.300. The Morgan fingerprint density at radius 1 is 1.19 bits per heavy atom. The van der Waals surface area contributed by atoms with Gasteiger partial charge >= 0.3 is 0 Å². The molecule has 1 aliphatic heterocycles. The highest BCUT2D eigenvalue weighted by Crippen LogP contribution is 2.30. The molecule has 4 rings (SSSR count). The van der Waals surface area contributed by atoms with Crippen LogP contribution in [-0.4, -0.2) is 34.6 Å². The van der Waals surface area contributed by atoms with Crippen LogP contribution in [0.4, 0.5) is 8.78 Å². The first-order valence-electron chi connectivity index (χ1n) is 8.81. The lowest BCUT2D eigenvalue weighted by Gasteiger charge is -2.30. The summed E-state index contributed by atoms with van der Waals surface area (Å²) in [5, 5.41) is 0. The number of halogens is 2. The standard InChI is InChI=1S/C20H18F2N2O2S/c21-14-5-6-18(15(22)11-14)27-12-19(25)24-9-7-13(8-10-24)20-23-16-3-1-2-4-17(16)26-20/h1-6,11,13H,7-10,12H2. The molecule has 1 fully saturated rings. The molecule has 3 aromatic rings. The first-order valence-corrected chi connectivity index (χ1v) is 9.80. The third-order valence-corrected chi connectivity index (χ3v) is 5.79. The molecular weight excluding hydrogens is 370 g/mol. The predicted molar refractivity (Wildman–Crippen MR) is 99.6 cm³/mol. The molecule has 2 aromatic carbocycles.